The van der Waals surface area contributed by atoms with E-state index in [0.717, 1.165) is 4.68 Å². The van der Waals surface area contributed by atoms with Crippen LogP contribution in [0.15, 0.2) is 30.3 Å². The van der Waals surface area contributed by atoms with Crippen molar-refractivity contribution in [2.45, 2.75) is 57.6 Å². The number of rotatable bonds is 13. The van der Waals surface area contributed by atoms with Gasteiger partial charge in [-0.3, -0.25) is 24.5 Å². The van der Waals surface area contributed by atoms with Crippen LogP contribution in [0, 0.1) is 10.1 Å². The molecule has 1 atom stereocenters. The van der Waals surface area contributed by atoms with Gasteiger partial charge in [0.1, 0.15) is 6.04 Å². The van der Waals surface area contributed by atoms with Gasteiger partial charge in [-0.25, -0.2) is 14.3 Å². The highest BCUT2D eigenvalue weighted by Crippen LogP contribution is 2.39. The fraction of sp³-hybridized carbons (Fsp3) is 0.517. The van der Waals surface area contributed by atoms with Gasteiger partial charge in [0.2, 0.25) is 17.4 Å². The van der Waals surface area contributed by atoms with Gasteiger partial charge in [-0.2, -0.15) is 5.10 Å². The molecule has 2 aromatic rings. The zero-order chi connectivity index (χ0) is 33.4. The van der Waals surface area contributed by atoms with Gasteiger partial charge in [-0.05, 0) is 45.6 Å². The first-order valence-electron chi connectivity index (χ1n) is 14.9. The predicted molar refractivity (Wildman–Crippen MR) is 157 cm³/mol. The van der Waals surface area contributed by atoms with Crippen LogP contribution in [0.1, 0.15) is 56.4 Å². The van der Waals surface area contributed by atoms with E-state index in [9.17, 15) is 39.2 Å². The molecular weight excluding hydrogens is 608 g/mol. The summed E-state index contributed by atoms with van der Waals surface area (Å²) >= 11 is 0. The molecule has 2 fully saturated rings. The number of nitro groups is 1. The number of carbonyl (C=O) groups excluding carboxylic acids is 4. The number of nitrogens with zero attached hydrogens (tertiary/aromatic N) is 5. The fourth-order valence-corrected chi connectivity index (χ4v) is 5.08. The Morgan fingerprint density at radius 1 is 1.04 bits per heavy atom. The molecule has 46 heavy (non-hydrogen) atoms. The van der Waals surface area contributed by atoms with E-state index in [-0.39, 0.29) is 68.8 Å². The lowest BCUT2D eigenvalue weighted by atomic mass is 9.80. The summed E-state index contributed by atoms with van der Waals surface area (Å²) in [4.78, 5) is 77.0. The van der Waals surface area contributed by atoms with Crippen molar-refractivity contribution in [2.75, 3.05) is 39.4 Å². The van der Waals surface area contributed by atoms with Crippen LogP contribution < -0.4 is 10.1 Å². The van der Waals surface area contributed by atoms with Gasteiger partial charge in [-0.1, -0.05) is 6.07 Å². The Balaban J connectivity index is 1.60. The third kappa shape index (κ3) is 7.70. The van der Waals surface area contributed by atoms with E-state index in [1.807, 2.05) is 0 Å². The highest BCUT2D eigenvalue weighted by atomic mass is 16.6. The normalized spacial score (nSPS) is 16.0. The summed E-state index contributed by atoms with van der Waals surface area (Å²) < 4.78 is 17.5. The first-order chi connectivity index (χ1) is 22.0. The summed E-state index contributed by atoms with van der Waals surface area (Å²) in [6.45, 7) is 4.34. The number of amides is 3. The number of benzene rings is 1. The lowest BCUT2D eigenvalue weighted by molar-refractivity contribution is -0.384. The first kappa shape index (κ1) is 33.7. The van der Waals surface area contributed by atoms with Crippen LogP contribution in [-0.2, 0) is 23.9 Å². The third-order valence-corrected chi connectivity index (χ3v) is 7.67. The summed E-state index contributed by atoms with van der Waals surface area (Å²) in [5, 5.41) is 27.6. The Kier molecular flexibility index (Phi) is 10.8. The standard InChI is InChI=1S/C29H36N6O11/c1-3-44-27(40)29(11-6-12-29)46-23-18-22(31-34(23)19-7-5-8-20(17-19)35(42)43)25(38)30-21(9-10-24(36)37)26(39)32-13-15-33(16-14-32)28(41)45-4-2/h5,7-8,17-18,21H,3-4,6,9-16H2,1-2H3,(H,30,38)(H,36,37)/t21-/m0/s1. The number of nitro benzene ring substituents is 1. The number of hydrogen-bond acceptors (Lipinski definition) is 11. The number of carboxylic acids is 1. The van der Waals surface area contributed by atoms with E-state index in [1.54, 1.807) is 13.8 Å². The van der Waals surface area contributed by atoms with Gasteiger partial charge in [0, 0.05) is 50.8 Å². The van der Waals surface area contributed by atoms with Crippen molar-refractivity contribution in [1.29, 1.82) is 0 Å². The monoisotopic (exact) mass is 644 g/mol. The van der Waals surface area contributed by atoms with Crippen molar-refractivity contribution >= 4 is 35.5 Å². The van der Waals surface area contributed by atoms with Gasteiger partial charge in [0.05, 0.1) is 23.8 Å². The molecule has 248 valence electrons. The van der Waals surface area contributed by atoms with Crippen molar-refractivity contribution in [3.8, 4) is 11.6 Å². The molecular formula is C29H36N6O11. The maximum Gasteiger partial charge on any atom is 0.409 e. The number of non-ortho nitro benzene ring substituents is 1. The van der Waals surface area contributed by atoms with E-state index in [1.165, 1.54) is 40.1 Å². The van der Waals surface area contributed by atoms with Crippen molar-refractivity contribution in [3.05, 3.63) is 46.1 Å². The number of carboxylic acid groups (broad SMARTS) is 1. The number of aliphatic carboxylic acids is 1. The van der Waals surface area contributed by atoms with Crippen LogP contribution in [0.5, 0.6) is 5.88 Å². The number of nitrogens with one attached hydrogen (secondary N) is 1. The number of aromatic nitrogens is 2. The first-order valence-corrected chi connectivity index (χ1v) is 14.9. The van der Waals surface area contributed by atoms with E-state index in [2.05, 4.69) is 10.4 Å². The molecule has 17 nitrogen and oxygen atoms in total. The molecule has 1 aliphatic carbocycles. The summed E-state index contributed by atoms with van der Waals surface area (Å²) in [7, 11) is 0. The van der Waals surface area contributed by atoms with Gasteiger partial charge in [-0.15, -0.1) is 0 Å². The maximum atomic E-state index is 13.5. The molecule has 0 unspecified atom stereocenters. The third-order valence-electron chi connectivity index (χ3n) is 7.67. The van der Waals surface area contributed by atoms with Crippen molar-refractivity contribution in [3.63, 3.8) is 0 Å². The van der Waals surface area contributed by atoms with Crippen LogP contribution in [0.25, 0.3) is 5.69 Å². The molecule has 2 N–H and O–H groups in total. The fourth-order valence-electron chi connectivity index (χ4n) is 5.08. The zero-order valence-electron chi connectivity index (χ0n) is 25.5. The molecule has 1 saturated carbocycles. The largest absolute Gasteiger partial charge is 0.481 e. The van der Waals surface area contributed by atoms with Gasteiger partial charge in [0.15, 0.2) is 5.69 Å². The van der Waals surface area contributed by atoms with Crippen molar-refractivity contribution in [1.82, 2.24) is 24.9 Å². The molecule has 0 spiro atoms. The molecule has 3 amide bonds. The van der Waals surface area contributed by atoms with Crippen LogP contribution in [-0.4, -0.2) is 110 Å². The molecule has 1 aromatic heterocycles. The highest BCUT2D eigenvalue weighted by molar-refractivity contribution is 5.96. The second kappa shape index (κ2) is 14.7. The molecule has 2 aliphatic rings. The molecule has 1 aromatic carbocycles. The molecule has 4 rings (SSSR count). The number of hydrogen-bond donors (Lipinski definition) is 2. The van der Waals surface area contributed by atoms with Crippen LogP contribution >= 0.6 is 0 Å². The summed E-state index contributed by atoms with van der Waals surface area (Å²) in [6.07, 6.45) is 0.204. The quantitative estimate of drug-likeness (QED) is 0.182. The minimum atomic E-state index is -1.34. The average Bonchev–Trinajstić information content (AvgIpc) is 3.44. The Labute approximate surface area is 263 Å². The van der Waals surface area contributed by atoms with Crippen LogP contribution in [0.2, 0.25) is 0 Å². The summed E-state index contributed by atoms with van der Waals surface area (Å²) in [5.74, 6) is -3.22. The molecule has 1 aliphatic heterocycles. The predicted octanol–water partition coefficient (Wildman–Crippen LogP) is 1.91. The SMILES string of the molecule is CCOC(=O)N1CCN(C(=O)[C@H](CCC(=O)O)NC(=O)c2cc(OC3(C(=O)OCC)CCC3)n(-c3cccc([N+](=O)[O-])c3)n2)CC1. The smallest absolute Gasteiger partial charge is 0.409 e. The highest BCUT2D eigenvalue weighted by Gasteiger charge is 2.49. The Morgan fingerprint density at radius 2 is 1.72 bits per heavy atom. The maximum absolute atomic E-state index is 13.5. The minimum absolute atomic E-state index is 0.0677. The van der Waals surface area contributed by atoms with Gasteiger partial charge < -0.3 is 34.4 Å². The van der Waals surface area contributed by atoms with E-state index < -0.39 is 52.8 Å². The summed E-state index contributed by atoms with van der Waals surface area (Å²) in [5.41, 5.74) is -1.68. The number of ether oxygens (including phenoxy) is 3. The van der Waals surface area contributed by atoms with Crippen molar-refractivity contribution < 1.29 is 48.2 Å². The van der Waals surface area contributed by atoms with Gasteiger partial charge >= 0.3 is 18.0 Å². The Morgan fingerprint density at radius 3 is 2.30 bits per heavy atom. The lowest BCUT2D eigenvalue weighted by Crippen LogP contribution is -2.56. The van der Waals surface area contributed by atoms with E-state index in [4.69, 9.17) is 14.2 Å². The van der Waals surface area contributed by atoms with E-state index in [0.29, 0.717) is 19.3 Å². The van der Waals surface area contributed by atoms with Crippen LogP contribution in [0.3, 0.4) is 0 Å². The lowest BCUT2D eigenvalue weighted by Gasteiger charge is -2.38. The summed E-state index contributed by atoms with van der Waals surface area (Å²) in [6, 6.07) is 5.41. The molecule has 17 heteroatoms. The number of esters is 1. The topological polar surface area (TPSA) is 213 Å². The second-order valence-electron chi connectivity index (χ2n) is 10.7. The van der Waals surface area contributed by atoms with Crippen LogP contribution in [0.4, 0.5) is 10.5 Å². The molecule has 0 radical (unpaired) electrons. The number of carbonyl (C=O) groups is 5. The second-order valence-corrected chi connectivity index (χ2v) is 10.7. The molecule has 2 heterocycles. The zero-order valence-corrected chi connectivity index (χ0v) is 25.5. The van der Waals surface area contributed by atoms with E-state index >= 15 is 0 Å². The number of piperazine rings is 1. The Bertz CT molecular complexity index is 1480. The Hall–Kier alpha value is -5.22. The average molecular weight is 645 g/mol. The van der Waals surface area contributed by atoms with Gasteiger partial charge in [0.25, 0.3) is 11.6 Å². The minimum Gasteiger partial charge on any atom is -0.481 e. The molecule has 0 bridgehead atoms. The molecule has 1 saturated heterocycles. The van der Waals surface area contributed by atoms with Crippen molar-refractivity contribution in [2.24, 2.45) is 0 Å².